The Balaban J connectivity index is 1.59. The third-order valence-corrected chi connectivity index (χ3v) is 3.75. The average Bonchev–Trinajstić information content (AvgIpc) is 3.06. The van der Waals surface area contributed by atoms with E-state index in [1.165, 1.54) is 6.92 Å². The van der Waals surface area contributed by atoms with Gasteiger partial charge >= 0.3 is 0 Å². The van der Waals surface area contributed by atoms with Crippen LogP contribution in [0.1, 0.15) is 13.3 Å². The molecule has 120 valence electrons. The summed E-state index contributed by atoms with van der Waals surface area (Å²) < 4.78 is 7.58. The molecule has 2 amide bonds. The second kappa shape index (κ2) is 6.12. The van der Waals surface area contributed by atoms with Gasteiger partial charge in [0.05, 0.1) is 12.0 Å². The first-order chi connectivity index (χ1) is 11.1. The lowest BCUT2D eigenvalue weighted by atomic mass is 10.0. The molecule has 0 spiro atoms. The third kappa shape index (κ3) is 3.03. The van der Waals surface area contributed by atoms with Gasteiger partial charge in [-0.3, -0.25) is 9.59 Å². The van der Waals surface area contributed by atoms with Crippen LogP contribution in [-0.2, 0) is 16.1 Å². The molecule has 0 radical (unpaired) electrons. The molecular formula is C16H18N4O3. The highest BCUT2D eigenvalue weighted by Gasteiger charge is 2.46. The predicted octanol–water partition coefficient (Wildman–Crippen LogP) is 1.18. The molecule has 0 saturated carbocycles. The lowest BCUT2D eigenvalue weighted by Gasteiger charge is -2.33. The quantitative estimate of drug-likeness (QED) is 0.641. The Morgan fingerprint density at radius 3 is 3.04 bits per heavy atom. The van der Waals surface area contributed by atoms with Crippen molar-refractivity contribution in [3.63, 3.8) is 0 Å². The molecule has 1 aliphatic rings. The molecule has 2 heterocycles. The minimum Gasteiger partial charge on any atom is -0.466 e. The lowest BCUT2D eigenvalue weighted by Crippen LogP contribution is -2.58. The van der Waals surface area contributed by atoms with Gasteiger partial charge in [0.25, 0.3) is 17.4 Å². The van der Waals surface area contributed by atoms with Gasteiger partial charge in [0.15, 0.2) is 0 Å². The highest BCUT2D eigenvalue weighted by Crippen LogP contribution is 2.33. The van der Waals surface area contributed by atoms with E-state index in [1.807, 2.05) is 10.8 Å². The number of carbonyl (C=O) groups is 2. The summed E-state index contributed by atoms with van der Waals surface area (Å²) in [6.07, 6.45) is 6.02. The molecule has 7 heteroatoms. The third-order valence-electron chi connectivity index (χ3n) is 3.75. The van der Waals surface area contributed by atoms with E-state index in [9.17, 15) is 9.59 Å². The van der Waals surface area contributed by atoms with Crippen LogP contribution in [-0.4, -0.2) is 33.5 Å². The molecule has 1 aromatic carbocycles. The van der Waals surface area contributed by atoms with Gasteiger partial charge in [-0.2, -0.15) is 0 Å². The van der Waals surface area contributed by atoms with Crippen molar-refractivity contribution < 1.29 is 14.3 Å². The number of fused-ring (bicyclic) bond motifs is 1. The van der Waals surface area contributed by atoms with Crippen LogP contribution in [0.2, 0.25) is 0 Å². The summed E-state index contributed by atoms with van der Waals surface area (Å²) in [5, 5.41) is 5.47. The minimum atomic E-state index is -1.57. The lowest BCUT2D eigenvalue weighted by molar-refractivity contribution is -0.146. The Morgan fingerprint density at radius 1 is 1.43 bits per heavy atom. The van der Waals surface area contributed by atoms with E-state index in [0.717, 1.165) is 13.0 Å². The zero-order valence-corrected chi connectivity index (χ0v) is 12.8. The fourth-order valence-corrected chi connectivity index (χ4v) is 2.37. The van der Waals surface area contributed by atoms with Crippen molar-refractivity contribution in [3.8, 4) is 5.75 Å². The SMILES string of the molecule is C[C@]1(C(=O)NCCCn2ccnc2)Oc2ccccc2NC1=O. The zero-order valence-electron chi connectivity index (χ0n) is 12.8. The first-order valence-corrected chi connectivity index (χ1v) is 7.43. The normalized spacial score (nSPS) is 19.4. The molecule has 1 aliphatic heterocycles. The Bertz CT molecular complexity index is 714. The summed E-state index contributed by atoms with van der Waals surface area (Å²) >= 11 is 0. The fourth-order valence-electron chi connectivity index (χ4n) is 2.37. The van der Waals surface area contributed by atoms with E-state index in [2.05, 4.69) is 15.6 Å². The van der Waals surface area contributed by atoms with Gasteiger partial charge in [-0.25, -0.2) is 4.98 Å². The van der Waals surface area contributed by atoms with Crippen molar-refractivity contribution in [2.75, 3.05) is 11.9 Å². The first-order valence-electron chi connectivity index (χ1n) is 7.43. The Kier molecular flexibility index (Phi) is 4.01. The Morgan fingerprint density at radius 2 is 2.26 bits per heavy atom. The molecule has 2 aromatic rings. The molecule has 1 atom stereocenters. The van der Waals surface area contributed by atoms with Gasteiger partial charge in [0.1, 0.15) is 5.75 Å². The van der Waals surface area contributed by atoms with Gasteiger partial charge in [-0.15, -0.1) is 0 Å². The highest BCUT2D eigenvalue weighted by molar-refractivity contribution is 6.15. The van der Waals surface area contributed by atoms with Crippen LogP contribution < -0.4 is 15.4 Å². The number of nitrogens with zero attached hydrogens (tertiary/aromatic N) is 2. The van der Waals surface area contributed by atoms with Crippen LogP contribution in [0, 0.1) is 0 Å². The van der Waals surface area contributed by atoms with E-state index >= 15 is 0 Å². The second-order valence-corrected chi connectivity index (χ2v) is 5.50. The molecule has 23 heavy (non-hydrogen) atoms. The van der Waals surface area contributed by atoms with Crippen molar-refractivity contribution in [1.29, 1.82) is 0 Å². The topological polar surface area (TPSA) is 85.2 Å². The largest absolute Gasteiger partial charge is 0.466 e. The molecule has 0 fully saturated rings. The number of aromatic nitrogens is 2. The number of amides is 2. The monoisotopic (exact) mass is 314 g/mol. The molecule has 0 unspecified atom stereocenters. The Labute approximate surface area is 133 Å². The minimum absolute atomic E-state index is 0.449. The van der Waals surface area contributed by atoms with Crippen molar-refractivity contribution in [2.45, 2.75) is 25.5 Å². The number of benzene rings is 1. The van der Waals surface area contributed by atoms with Crippen LogP contribution in [0.25, 0.3) is 0 Å². The van der Waals surface area contributed by atoms with Gasteiger partial charge < -0.3 is 19.9 Å². The van der Waals surface area contributed by atoms with Crippen LogP contribution in [0.4, 0.5) is 5.69 Å². The number of ether oxygens (including phenoxy) is 1. The van der Waals surface area contributed by atoms with Crippen molar-refractivity contribution in [1.82, 2.24) is 14.9 Å². The standard InChI is InChI=1S/C16H18N4O3/c1-16(14(21)18-7-4-9-20-10-8-17-11-20)15(22)19-12-5-2-3-6-13(12)23-16/h2-3,5-6,8,10-11H,4,7,9H2,1H3,(H,18,21)(H,19,22)/t16-/m1/s1. The molecule has 3 rings (SSSR count). The maximum Gasteiger partial charge on any atom is 0.278 e. The van der Waals surface area contributed by atoms with Crippen LogP contribution in [0.5, 0.6) is 5.75 Å². The van der Waals surface area contributed by atoms with Crippen LogP contribution in [0.15, 0.2) is 43.0 Å². The summed E-state index contributed by atoms with van der Waals surface area (Å²) in [5.74, 6) is -0.429. The predicted molar refractivity (Wildman–Crippen MR) is 84.0 cm³/mol. The first kappa shape index (κ1) is 15.1. The molecular weight excluding hydrogens is 296 g/mol. The maximum absolute atomic E-state index is 12.4. The second-order valence-electron chi connectivity index (χ2n) is 5.50. The number of hydrogen-bond donors (Lipinski definition) is 2. The molecule has 0 bridgehead atoms. The number of para-hydroxylation sites is 2. The fraction of sp³-hybridized carbons (Fsp3) is 0.312. The van der Waals surface area contributed by atoms with E-state index < -0.39 is 17.4 Å². The molecule has 0 aliphatic carbocycles. The number of nitrogens with one attached hydrogen (secondary N) is 2. The number of hydrogen-bond acceptors (Lipinski definition) is 4. The molecule has 2 N–H and O–H groups in total. The molecule has 7 nitrogen and oxygen atoms in total. The van der Waals surface area contributed by atoms with Crippen LogP contribution in [0.3, 0.4) is 0 Å². The van der Waals surface area contributed by atoms with E-state index in [1.54, 1.807) is 36.8 Å². The number of carbonyl (C=O) groups excluding carboxylic acids is 2. The van der Waals surface area contributed by atoms with E-state index in [4.69, 9.17) is 4.74 Å². The average molecular weight is 314 g/mol. The Hall–Kier alpha value is -2.83. The number of anilines is 1. The van der Waals surface area contributed by atoms with E-state index in [-0.39, 0.29) is 0 Å². The van der Waals surface area contributed by atoms with Crippen molar-refractivity contribution in [3.05, 3.63) is 43.0 Å². The van der Waals surface area contributed by atoms with Crippen molar-refractivity contribution in [2.24, 2.45) is 0 Å². The van der Waals surface area contributed by atoms with Crippen LogP contribution >= 0.6 is 0 Å². The smallest absolute Gasteiger partial charge is 0.278 e. The maximum atomic E-state index is 12.4. The molecule has 0 saturated heterocycles. The highest BCUT2D eigenvalue weighted by atomic mass is 16.5. The summed E-state index contributed by atoms with van der Waals surface area (Å²) in [4.78, 5) is 28.6. The van der Waals surface area contributed by atoms with Gasteiger partial charge in [0.2, 0.25) is 0 Å². The summed E-state index contributed by atoms with van der Waals surface area (Å²) in [7, 11) is 0. The van der Waals surface area contributed by atoms with E-state index in [0.29, 0.717) is 18.0 Å². The number of imidazole rings is 1. The summed E-state index contributed by atoms with van der Waals surface area (Å²) in [6.45, 7) is 2.67. The number of rotatable bonds is 5. The van der Waals surface area contributed by atoms with Gasteiger partial charge in [-0.05, 0) is 25.5 Å². The zero-order chi connectivity index (χ0) is 16.3. The number of aryl methyl sites for hydroxylation is 1. The van der Waals surface area contributed by atoms with Gasteiger partial charge in [0, 0.05) is 25.5 Å². The summed E-state index contributed by atoms with van der Waals surface area (Å²) in [5.41, 5.74) is -0.994. The van der Waals surface area contributed by atoms with Gasteiger partial charge in [-0.1, -0.05) is 12.1 Å². The molecule has 1 aromatic heterocycles. The van der Waals surface area contributed by atoms with Crippen molar-refractivity contribution >= 4 is 17.5 Å². The summed E-state index contributed by atoms with van der Waals surface area (Å²) in [6, 6.07) is 7.04.